The van der Waals surface area contributed by atoms with E-state index in [-0.39, 0.29) is 28.8 Å². The predicted molar refractivity (Wildman–Crippen MR) is 155 cm³/mol. The third-order valence-electron chi connectivity index (χ3n) is 9.04. The van der Waals surface area contributed by atoms with E-state index < -0.39 is 5.82 Å². The molecule has 0 bridgehead atoms. The molecule has 4 aromatic rings. The van der Waals surface area contributed by atoms with Gasteiger partial charge in [0.1, 0.15) is 36.0 Å². The van der Waals surface area contributed by atoms with Crippen LogP contribution in [0, 0.1) is 11.6 Å². The number of phenols is 1. The summed E-state index contributed by atoms with van der Waals surface area (Å²) in [7, 11) is 2.06. The second kappa shape index (κ2) is 10.3. The number of anilines is 1. The number of nitrogens with zero attached hydrogens (tertiary/aromatic N) is 4. The molecule has 214 valence electrons. The van der Waals surface area contributed by atoms with Crippen LogP contribution in [0.25, 0.3) is 32.9 Å². The number of ether oxygens (including phenoxy) is 2. The summed E-state index contributed by atoms with van der Waals surface area (Å²) in [6.07, 6.45) is 5.68. The normalized spacial score (nSPS) is 20.7. The fraction of sp³-hybridized carbons (Fsp3) is 0.438. The molecular formula is C32H34F2N4O3. The first-order valence-electron chi connectivity index (χ1n) is 14.6. The van der Waals surface area contributed by atoms with E-state index in [1.807, 2.05) is 13.0 Å². The van der Waals surface area contributed by atoms with Gasteiger partial charge in [-0.2, -0.15) is 0 Å². The van der Waals surface area contributed by atoms with Crippen molar-refractivity contribution in [1.82, 2.24) is 14.9 Å². The standard InChI is InChI=1S/C32H34F2N4O3/c1-3-22-24(33)9-8-18-13-21(39)14-23(27(18)22)30-29(34)31-28-25(15-26(35-31)40-16-19-10-12-37(19)2)38-11-6-4-5-7-20(38)17-41-32(28)36-30/h8-9,13-15,19-20,39H,3-7,10-12,16-17H2,1-2H3/t19-,20?/m1/s1. The molecule has 3 aliphatic heterocycles. The lowest BCUT2D eigenvalue weighted by molar-refractivity contribution is 0.0752. The quantitative estimate of drug-likeness (QED) is 0.311. The van der Waals surface area contributed by atoms with Crippen molar-refractivity contribution in [2.24, 2.45) is 0 Å². The summed E-state index contributed by atoms with van der Waals surface area (Å²) in [5.74, 6) is -0.430. The Kier molecular flexibility index (Phi) is 6.57. The molecule has 0 radical (unpaired) electrons. The third kappa shape index (κ3) is 4.41. The van der Waals surface area contributed by atoms with Crippen LogP contribution in [-0.2, 0) is 6.42 Å². The smallest absolute Gasteiger partial charge is 0.225 e. The van der Waals surface area contributed by atoms with Crippen molar-refractivity contribution in [2.75, 3.05) is 38.3 Å². The SMILES string of the molecule is CCc1c(F)ccc2cc(O)cc(-c3nc4c5c(cc(OC[C@H]6CCN6C)nc5c3F)N3CCCCCC3CO4)c12. The Morgan fingerprint density at radius 1 is 1.05 bits per heavy atom. The van der Waals surface area contributed by atoms with E-state index in [0.717, 1.165) is 50.9 Å². The molecule has 2 aromatic heterocycles. The van der Waals surface area contributed by atoms with Gasteiger partial charge in [0.25, 0.3) is 0 Å². The van der Waals surface area contributed by atoms with Gasteiger partial charge in [-0.05, 0) is 73.8 Å². The maximum absolute atomic E-state index is 16.8. The Balaban J connectivity index is 1.47. The molecule has 1 N–H and O–H groups in total. The molecule has 0 aliphatic carbocycles. The minimum absolute atomic E-state index is 0.0277. The van der Waals surface area contributed by atoms with Gasteiger partial charge in [-0.25, -0.2) is 18.7 Å². The molecule has 0 saturated carbocycles. The average molecular weight is 561 g/mol. The first-order chi connectivity index (χ1) is 19.9. The van der Waals surface area contributed by atoms with Gasteiger partial charge in [-0.15, -0.1) is 0 Å². The largest absolute Gasteiger partial charge is 0.508 e. The highest BCUT2D eigenvalue weighted by Gasteiger charge is 2.33. The Bertz CT molecular complexity index is 1660. The third-order valence-corrected chi connectivity index (χ3v) is 9.04. The number of rotatable bonds is 5. The number of hydrogen-bond donors (Lipinski definition) is 1. The van der Waals surface area contributed by atoms with Gasteiger partial charge in [0.15, 0.2) is 5.82 Å². The first-order valence-corrected chi connectivity index (χ1v) is 14.6. The molecule has 0 spiro atoms. The molecule has 2 saturated heterocycles. The second-order valence-corrected chi connectivity index (χ2v) is 11.5. The van der Waals surface area contributed by atoms with Gasteiger partial charge in [0.05, 0.1) is 17.1 Å². The van der Waals surface area contributed by atoms with Gasteiger partial charge in [-0.3, -0.25) is 4.90 Å². The predicted octanol–water partition coefficient (Wildman–Crippen LogP) is 6.22. The fourth-order valence-electron chi connectivity index (χ4n) is 6.62. The highest BCUT2D eigenvalue weighted by molar-refractivity contribution is 6.04. The molecule has 3 aliphatic rings. The highest BCUT2D eigenvalue weighted by atomic mass is 19.1. The van der Waals surface area contributed by atoms with Gasteiger partial charge >= 0.3 is 0 Å². The van der Waals surface area contributed by atoms with Crippen molar-refractivity contribution >= 4 is 27.4 Å². The Hall–Kier alpha value is -3.72. The van der Waals surface area contributed by atoms with Crippen LogP contribution in [0.2, 0.25) is 0 Å². The number of hydrogen-bond acceptors (Lipinski definition) is 7. The number of benzene rings is 2. The van der Waals surface area contributed by atoms with Crippen molar-refractivity contribution in [1.29, 1.82) is 0 Å². The number of phenolic OH excluding ortho intramolecular Hbond substituents is 1. The van der Waals surface area contributed by atoms with Gasteiger partial charge in [-0.1, -0.05) is 25.8 Å². The van der Waals surface area contributed by atoms with E-state index in [2.05, 4.69) is 21.8 Å². The van der Waals surface area contributed by atoms with Crippen LogP contribution < -0.4 is 14.4 Å². The van der Waals surface area contributed by atoms with Crippen LogP contribution in [0.1, 0.15) is 44.6 Å². The number of aryl methyl sites for hydroxylation is 1. The maximum Gasteiger partial charge on any atom is 0.225 e. The van der Waals surface area contributed by atoms with E-state index >= 15 is 4.39 Å². The zero-order valence-electron chi connectivity index (χ0n) is 23.4. The lowest BCUT2D eigenvalue weighted by Crippen LogP contribution is -2.48. The number of aromatic hydroxyl groups is 1. The summed E-state index contributed by atoms with van der Waals surface area (Å²) >= 11 is 0. The van der Waals surface area contributed by atoms with Gasteiger partial charge < -0.3 is 19.5 Å². The van der Waals surface area contributed by atoms with Crippen molar-refractivity contribution in [3.05, 3.63) is 47.5 Å². The van der Waals surface area contributed by atoms with Crippen LogP contribution in [0.3, 0.4) is 0 Å². The van der Waals surface area contributed by atoms with Crippen molar-refractivity contribution < 1.29 is 23.4 Å². The van der Waals surface area contributed by atoms with E-state index in [1.54, 1.807) is 12.1 Å². The molecule has 2 fully saturated rings. The fourth-order valence-corrected chi connectivity index (χ4v) is 6.62. The number of aromatic nitrogens is 2. The number of likely N-dealkylation sites (tertiary alicyclic amines) is 1. The maximum atomic E-state index is 16.8. The molecule has 1 unspecified atom stereocenters. The Morgan fingerprint density at radius 3 is 2.71 bits per heavy atom. The van der Waals surface area contributed by atoms with E-state index in [0.29, 0.717) is 64.7 Å². The molecule has 5 heterocycles. The van der Waals surface area contributed by atoms with E-state index in [9.17, 15) is 9.50 Å². The number of pyridine rings is 2. The van der Waals surface area contributed by atoms with Crippen molar-refractivity contribution in [2.45, 2.75) is 57.5 Å². The average Bonchev–Trinajstić information content (AvgIpc) is 3.28. The lowest BCUT2D eigenvalue weighted by atomic mass is 9.94. The van der Waals surface area contributed by atoms with Crippen LogP contribution >= 0.6 is 0 Å². The molecule has 2 aromatic carbocycles. The topological polar surface area (TPSA) is 71.0 Å². The van der Waals surface area contributed by atoms with Crippen LogP contribution in [0.15, 0.2) is 30.3 Å². The van der Waals surface area contributed by atoms with E-state index in [1.165, 1.54) is 12.1 Å². The summed E-state index contributed by atoms with van der Waals surface area (Å²) < 4.78 is 44.3. The van der Waals surface area contributed by atoms with Crippen LogP contribution in [0.4, 0.5) is 14.5 Å². The second-order valence-electron chi connectivity index (χ2n) is 11.5. The molecule has 0 amide bonds. The summed E-state index contributed by atoms with van der Waals surface area (Å²) in [6.45, 7) is 4.60. The van der Waals surface area contributed by atoms with Crippen LogP contribution in [0.5, 0.6) is 17.5 Å². The number of fused-ring (bicyclic) bond motifs is 3. The summed E-state index contributed by atoms with van der Waals surface area (Å²) in [5.41, 5.74) is 1.65. The lowest BCUT2D eigenvalue weighted by Gasteiger charge is -2.37. The minimum atomic E-state index is -0.647. The number of halogens is 2. The summed E-state index contributed by atoms with van der Waals surface area (Å²) in [6, 6.07) is 8.31. The van der Waals surface area contributed by atoms with E-state index in [4.69, 9.17) is 14.5 Å². The van der Waals surface area contributed by atoms with Gasteiger partial charge in [0.2, 0.25) is 11.8 Å². The minimum Gasteiger partial charge on any atom is -0.508 e. The Labute approximate surface area is 237 Å². The molecule has 41 heavy (non-hydrogen) atoms. The van der Waals surface area contributed by atoms with Crippen molar-refractivity contribution in [3.8, 4) is 28.8 Å². The molecule has 9 heteroatoms. The molecule has 7 nitrogen and oxygen atoms in total. The Morgan fingerprint density at radius 2 is 1.93 bits per heavy atom. The summed E-state index contributed by atoms with van der Waals surface area (Å²) in [4.78, 5) is 14.0. The zero-order chi connectivity index (χ0) is 28.2. The van der Waals surface area contributed by atoms with Crippen LogP contribution in [-0.4, -0.2) is 65.4 Å². The monoisotopic (exact) mass is 560 g/mol. The zero-order valence-corrected chi connectivity index (χ0v) is 23.4. The summed E-state index contributed by atoms with van der Waals surface area (Å²) in [5, 5.41) is 12.2. The number of likely N-dealkylation sites (N-methyl/N-ethyl adjacent to an activating group) is 1. The molecular weight excluding hydrogens is 526 g/mol. The molecule has 7 rings (SSSR count). The highest BCUT2D eigenvalue weighted by Crippen LogP contribution is 2.45. The molecule has 2 atom stereocenters. The first kappa shape index (κ1) is 26.2. The van der Waals surface area contributed by atoms with Gasteiger partial charge in [0, 0.05) is 24.2 Å². The van der Waals surface area contributed by atoms with Crippen molar-refractivity contribution in [3.63, 3.8) is 0 Å².